The molecular formula is C28H33N3O4. The first-order valence-corrected chi connectivity index (χ1v) is 12.6. The van der Waals surface area contributed by atoms with Crippen LogP contribution in [-0.4, -0.2) is 55.9 Å². The molecule has 2 aliphatic heterocycles. The van der Waals surface area contributed by atoms with Gasteiger partial charge in [0.05, 0.1) is 7.11 Å². The topological polar surface area (TPSA) is 79.0 Å². The highest BCUT2D eigenvalue weighted by molar-refractivity contribution is 5.97. The van der Waals surface area contributed by atoms with Crippen molar-refractivity contribution in [2.45, 2.75) is 38.5 Å². The lowest BCUT2D eigenvalue weighted by Gasteiger charge is -2.33. The van der Waals surface area contributed by atoms with Crippen molar-refractivity contribution in [3.63, 3.8) is 0 Å². The molecule has 1 unspecified atom stereocenters. The van der Waals surface area contributed by atoms with Crippen LogP contribution in [0.2, 0.25) is 0 Å². The number of carbonyl (C=O) groups excluding carboxylic acids is 3. The first-order chi connectivity index (χ1) is 17.0. The summed E-state index contributed by atoms with van der Waals surface area (Å²) in [5, 5.41) is 3.11. The van der Waals surface area contributed by atoms with Gasteiger partial charge < -0.3 is 19.9 Å². The summed E-state index contributed by atoms with van der Waals surface area (Å²) in [6.45, 7) is 2.72. The first-order valence-electron chi connectivity index (χ1n) is 12.6. The first kappa shape index (κ1) is 23.4. The molecule has 0 aromatic heterocycles. The number of amides is 3. The Morgan fingerprint density at radius 3 is 2.54 bits per heavy atom. The van der Waals surface area contributed by atoms with Crippen molar-refractivity contribution in [2.75, 3.05) is 38.2 Å². The number of nitrogens with one attached hydrogen (secondary N) is 1. The zero-order valence-corrected chi connectivity index (χ0v) is 20.3. The van der Waals surface area contributed by atoms with Crippen LogP contribution in [0.3, 0.4) is 0 Å². The van der Waals surface area contributed by atoms with Gasteiger partial charge in [-0.1, -0.05) is 12.1 Å². The van der Waals surface area contributed by atoms with Gasteiger partial charge in [0, 0.05) is 49.8 Å². The maximum atomic E-state index is 13.0. The number of rotatable bonds is 7. The third kappa shape index (κ3) is 4.90. The summed E-state index contributed by atoms with van der Waals surface area (Å²) in [5.74, 6) is 1.20. The molecule has 3 fully saturated rings. The van der Waals surface area contributed by atoms with Crippen molar-refractivity contribution >= 4 is 23.4 Å². The molecular weight excluding hydrogens is 442 g/mol. The highest BCUT2D eigenvalue weighted by Gasteiger charge is 2.58. The van der Waals surface area contributed by atoms with E-state index in [4.69, 9.17) is 4.74 Å². The van der Waals surface area contributed by atoms with Gasteiger partial charge in [-0.15, -0.1) is 0 Å². The highest BCUT2D eigenvalue weighted by Crippen LogP contribution is 2.59. The average molecular weight is 476 g/mol. The second kappa shape index (κ2) is 9.72. The Bertz CT molecular complexity index is 1110. The fourth-order valence-electron chi connectivity index (χ4n) is 5.59. The Balaban J connectivity index is 1.08. The Hall–Kier alpha value is -3.35. The molecule has 2 aromatic carbocycles. The predicted octanol–water partition coefficient (Wildman–Crippen LogP) is 3.42. The largest absolute Gasteiger partial charge is 0.497 e. The number of carbonyl (C=O) groups is 3. The van der Waals surface area contributed by atoms with E-state index >= 15 is 0 Å². The van der Waals surface area contributed by atoms with Gasteiger partial charge in [-0.2, -0.15) is 0 Å². The molecule has 1 N–H and O–H groups in total. The third-order valence-corrected chi connectivity index (χ3v) is 7.90. The second-order valence-electron chi connectivity index (χ2n) is 10.00. The van der Waals surface area contributed by atoms with E-state index in [9.17, 15) is 14.4 Å². The lowest BCUT2D eigenvalue weighted by molar-refractivity contribution is -0.123. The van der Waals surface area contributed by atoms with E-state index < -0.39 is 0 Å². The molecule has 3 amide bonds. The Morgan fingerprint density at radius 1 is 1.09 bits per heavy atom. The Morgan fingerprint density at radius 2 is 1.86 bits per heavy atom. The maximum absolute atomic E-state index is 13.0. The molecule has 5 rings (SSSR count). The van der Waals surface area contributed by atoms with Crippen LogP contribution >= 0.6 is 0 Å². The molecule has 7 nitrogen and oxygen atoms in total. The minimum atomic E-state index is 0.0269. The molecule has 2 heterocycles. The summed E-state index contributed by atoms with van der Waals surface area (Å²) in [5.41, 5.74) is 2.71. The molecule has 0 radical (unpaired) electrons. The van der Waals surface area contributed by atoms with Gasteiger partial charge in [0.1, 0.15) is 5.75 Å². The van der Waals surface area contributed by atoms with Crippen molar-refractivity contribution < 1.29 is 19.1 Å². The third-order valence-electron chi connectivity index (χ3n) is 7.90. The molecule has 1 atom stereocenters. The molecule has 1 spiro atoms. The van der Waals surface area contributed by atoms with Crippen molar-refractivity contribution in [1.29, 1.82) is 0 Å². The van der Waals surface area contributed by atoms with Crippen LogP contribution in [0.4, 0.5) is 5.69 Å². The smallest absolute Gasteiger partial charge is 0.253 e. The van der Waals surface area contributed by atoms with Gasteiger partial charge in [-0.3, -0.25) is 14.4 Å². The second-order valence-corrected chi connectivity index (χ2v) is 10.00. The summed E-state index contributed by atoms with van der Waals surface area (Å²) >= 11 is 0. The van der Waals surface area contributed by atoms with Crippen LogP contribution in [-0.2, 0) is 16.0 Å². The number of nitrogens with zero attached hydrogens (tertiary/aromatic N) is 2. The number of hydrogen-bond donors (Lipinski definition) is 1. The molecule has 3 aliphatic rings. The van der Waals surface area contributed by atoms with E-state index in [1.165, 1.54) is 0 Å². The van der Waals surface area contributed by atoms with E-state index in [0.29, 0.717) is 31.6 Å². The standard InChI is InChI=1S/C28H33N3O4/c1-35-23-5-2-4-20(18-23)11-14-29-26(33)24-19-28(24)12-16-30(17-13-28)27(34)21-7-9-22(10-8-21)31-15-3-6-25(31)32/h2,4-5,7-10,18,24H,3,6,11-17,19H2,1H3,(H,29,33). The number of methoxy groups -OCH3 is 1. The Kier molecular flexibility index (Phi) is 6.50. The molecule has 1 aliphatic carbocycles. The number of benzene rings is 2. The molecule has 184 valence electrons. The van der Waals surface area contributed by atoms with Gasteiger partial charge >= 0.3 is 0 Å². The summed E-state index contributed by atoms with van der Waals surface area (Å²) in [6.07, 6.45) is 4.90. The van der Waals surface area contributed by atoms with Crippen LogP contribution < -0.4 is 15.0 Å². The normalized spacial score (nSPS) is 20.7. The zero-order valence-electron chi connectivity index (χ0n) is 20.3. The van der Waals surface area contributed by atoms with Crippen molar-refractivity contribution in [2.24, 2.45) is 11.3 Å². The molecule has 1 saturated carbocycles. The number of likely N-dealkylation sites (tertiary alicyclic amines) is 1. The van der Waals surface area contributed by atoms with Crippen LogP contribution in [0.5, 0.6) is 5.75 Å². The van der Waals surface area contributed by atoms with Gasteiger partial charge in [0.25, 0.3) is 5.91 Å². The average Bonchev–Trinajstić information content (AvgIpc) is 3.42. The van der Waals surface area contributed by atoms with Crippen LogP contribution in [0.15, 0.2) is 48.5 Å². The lowest BCUT2D eigenvalue weighted by atomic mass is 9.90. The summed E-state index contributed by atoms with van der Waals surface area (Å²) in [6, 6.07) is 15.3. The highest BCUT2D eigenvalue weighted by atomic mass is 16.5. The van der Waals surface area contributed by atoms with E-state index in [1.807, 2.05) is 53.4 Å². The molecule has 2 aromatic rings. The van der Waals surface area contributed by atoms with E-state index in [-0.39, 0.29) is 29.1 Å². The predicted molar refractivity (Wildman–Crippen MR) is 133 cm³/mol. The zero-order chi connectivity index (χ0) is 24.4. The summed E-state index contributed by atoms with van der Waals surface area (Å²) in [4.78, 5) is 41.4. The van der Waals surface area contributed by atoms with Crippen LogP contribution in [0.1, 0.15) is 48.0 Å². The van der Waals surface area contributed by atoms with Crippen molar-refractivity contribution in [3.05, 3.63) is 59.7 Å². The maximum Gasteiger partial charge on any atom is 0.253 e. The van der Waals surface area contributed by atoms with Gasteiger partial charge in [-0.05, 0) is 79.5 Å². The van der Waals surface area contributed by atoms with Crippen LogP contribution in [0.25, 0.3) is 0 Å². The fourth-order valence-corrected chi connectivity index (χ4v) is 5.59. The number of piperidine rings is 1. The van der Waals surface area contributed by atoms with Gasteiger partial charge in [0.15, 0.2) is 0 Å². The van der Waals surface area contributed by atoms with Gasteiger partial charge in [-0.25, -0.2) is 0 Å². The van der Waals surface area contributed by atoms with Gasteiger partial charge in [0.2, 0.25) is 11.8 Å². The van der Waals surface area contributed by atoms with E-state index in [0.717, 1.165) is 55.6 Å². The fraction of sp³-hybridized carbons (Fsp3) is 0.464. The van der Waals surface area contributed by atoms with Crippen molar-refractivity contribution in [1.82, 2.24) is 10.2 Å². The SMILES string of the molecule is COc1cccc(CCNC(=O)C2CC23CCN(C(=O)c2ccc(N4CCCC4=O)cc2)CC3)c1. The quantitative estimate of drug-likeness (QED) is 0.666. The number of anilines is 1. The minimum Gasteiger partial charge on any atom is -0.497 e. The molecule has 7 heteroatoms. The summed E-state index contributed by atoms with van der Waals surface area (Å²) in [7, 11) is 1.65. The van der Waals surface area contributed by atoms with E-state index in [1.54, 1.807) is 12.0 Å². The lowest BCUT2D eigenvalue weighted by Crippen LogP contribution is -2.40. The number of ether oxygens (including phenoxy) is 1. The van der Waals surface area contributed by atoms with Crippen molar-refractivity contribution in [3.8, 4) is 5.75 Å². The Labute approximate surface area is 206 Å². The molecule has 2 saturated heterocycles. The minimum absolute atomic E-state index is 0.0269. The molecule has 0 bridgehead atoms. The van der Waals surface area contributed by atoms with Crippen LogP contribution in [0, 0.1) is 11.3 Å². The number of hydrogen-bond acceptors (Lipinski definition) is 4. The monoisotopic (exact) mass is 475 g/mol. The summed E-state index contributed by atoms with van der Waals surface area (Å²) < 4.78 is 5.26. The van der Waals surface area contributed by atoms with E-state index in [2.05, 4.69) is 5.32 Å². The molecule has 35 heavy (non-hydrogen) atoms.